The largest absolute Gasteiger partial charge is 0.489 e. The van der Waals surface area contributed by atoms with Crippen molar-refractivity contribution in [1.82, 2.24) is 4.40 Å². The number of nitrogens with zero attached hydrogens (tertiary/aromatic N) is 1. The lowest BCUT2D eigenvalue weighted by atomic mass is 10.1. The average Bonchev–Trinajstić information content (AvgIpc) is 2.65. The summed E-state index contributed by atoms with van der Waals surface area (Å²) in [6.07, 6.45) is 8.22. The Morgan fingerprint density at radius 2 is 2.23 bits per heavy atom. The van der Waals surface area contributed by atoms with Gasteiger partial charge in [0.2, 0.25) is 0 Å². The molecule has 1 aliphatic rings. The van der Waals surface area contributed by atoms with E-state index < -0.39 is 0 Å². The van der Waals surface area contributed by atoms with Crippen LogP contribution in [0, 0.1) is 0 Å². The summed E-state index contributed by atoms with van der Waals surface area (Å²) in [4.78, 5) is 0. The molecule has 0 unspecified atom stereocenters. The zero-order valence-electron chi connectivity index (χ0n) is 7.10. The number of aromatic nitrogens is 1. The molecule has 1 aliphatic heterocycles. The van der Waals surface area contributed by atoms with Gasteiger partial charge in [-0.1, -0.05) is 0 Å². The summed E-state index contributed by atoms with van der Waals surface area (Å²) in [5, 5.41) is 0. The molecule has 0 aliphatic carbocycles. The van der Waals surface area contributed by atoms with Crippen molar-refractivity contribution < 1.29 is 4.74 Å². The van der Waals surface area contributed by atoms with Crippen LogP contribution in [0.3, 0.4) is 0 Å². The molecule has 0 saturated carbocycles. The van der Waals surface area contributed by atoms with Crippen LogP contribution in [0.2, 0.25) is 0 Å². The fourth-order valence-electron chi connectivity index (χ4n) is 1.71. The van der Waals surface area contributed by atoms with Gasteiger partial charge in [-0.15, -0.1) is 0 Å². The van der Waals surface area contributed by atoms with E-state index in [1.807, 2.05) is 30.6 Å². The summed E-state index contributed by atoms with van der Waals surface area (Å²) in [5.74, 6) is 0.980. The number of pyridine rings is 1. The van der Waals surface area contributed by atoms with E-state index >= 15 is 0 Å². The highest BCUT2D eigenvalue weighted by atomic mass is 16.5. The van der Waals surface area contributed by atoms with Gasteiger partial charge < -0.3 is 9.14 Å². The average molecular weight is 171 g/mol. The first-order valence-electron chi connectivity index (χ1n) is 4.34. The summed E-state index contributed by atoms with van der Waals surface area (Å²) in [5.41, 5.74) is 2.38. The molecule has 2 aromatic rings. The predicted molar refractivity (Wildman–Crippen MR) is 51.9 cm³/mol. The van der Waals surface area contributed by atoms with Crippen LogP contribution in [0.1, 0.15) is 5.56 Å². The van der Waals surface area contributed by atoms with Gasteiger partial charge in [0.15, 0.2) is 0 Å². The van der Waals surface area contributed by atoms with Crippen molar-refractivity contribution >= 4 is 11.6 Å². The van der Waals surface area contributed by atoms with Gasteiger partial charge in [-0.25, -0.2) is 0 Å². The monoisotopic (exact) mass is 171 g/mol. The van der Waals surface area contributed by atoms with Gasteiger partial charge in [0.05, 0.1) is 5.52 Å². The molecule has 0 radical (unpaired) electrons. The van der Waals surface area contributed by atoms with Crippen molar-refractivity contribution in [2.75, 3.05) is 6.61 Å². The first-order chi connectivity index (χ1) is 6.45. The van der Waals surface area contributed by atoms with E-state index in [1.54, 1.807) is 0 Å². The number of rotatable bonds is 0. The molecule has 0 aromatic carbocycles. The van der Waals surface area contributed by atoms with E-state index in [9.17, 15) is 0 Å². The molecule has 3 heterocycles. The fourth-order valence-corrected chi connectivity index (χ4v) is 1.71. The fraction of sp³-hybridized carbons (Fsp3) is 0.0909. The van der Waals surface area contributed by atoms with Crippen LogP contribution in [0.15, 0.2) is 36.7 Å². The molecule has 0 atom stereocenters. The Balaban J connectivity index is 2.43. The second kappa shape index (κ2) is 2.39. The first-order valence-corrected chi connectivity index (χ1v) is 4.34. The molecular weight excluding hydrogens is 162 g/mol. The zero-order chi connectivity index (χ0) is 8.67. The summed E-state index contributed by atoms with van der Waals surface area (Å²) < 4.78 is 7.60. The van der Waals surface area contributed by atoms with Gasteiger partial charge >= 0.3 is 0 Å². The number of ether oxygens (including phenoxy) is 1. The minimum atomic E-state index is 0.684. The van der Waals surface area contributed by atoms with Crippen LogP contribution in [-0.2, 0) is 0 Å². The van der Waals surface area contributed by atoms with Crippen molar-refractivity contribution in [3.63, 3.8) is 0 Å². The molecule has 0 bridgehead atoms. The highest BCUT2D eigenvalue weighted by molar-refractivity contribution is 5.75. The van der Waals surface area contributed by atoms with Crippen LogP contribution in [0.5, 0.6) is 5.75 Å². The second-order valence-corrected chi connectivity index (χ2v) is 3.11. The van der Waals surface area contributed by atoms with Crippen LogP contribution in [0.25, 0.3) is 11.6 Å². The Hall–Kier alpha value is -1.70. The molecule has 2 aromatic heterocycles. The molecular formula is C11H9NO. The molecule has 0 amide bonds. The topological polar surface area (TPSA) is 13.6 Å². The van der Waals surface area contributed by atoms with E-state index in [2.05, 4.69) is 16.5 Å². The van der Waals surface area contributed by atoms with E-state index in [0.717, 1.165) is 5.75 Å². The normalized spacial score (nSPS) is 14.2. The number of fused-ring (bicyclic) bond motifs is 3. The molecule has 2 nitrogen and oxygen atoms in total. The second-order valence-electron chi connectivity index (χ2n) is 3.11. The van der Waals surface area contributed by atoms with E-state index in [-0.39, 0.29) is 0 Å². The van der Waals surface area contributed by atoms with Gasteiger partial charge in [0.1, 0.15) is 12.4 Å². The Morgan fingerprint density at radius 3 is 3.23 bits per heavy atom. The number of hydrogen-bond donors (Lipinski definition) is 0. The highest BCUT2D eigenvalue weighted by Gasteiger charge is 2.08. The van der Waals surface area contributed by atoms with Crippen molar-refractivity contribution in [3.8, 4) is 5.75 Å². The Bertz CT molecular complexity index is 482. The van der Waals surface area contributed by atoms with Crippen LogP contribution < -0.4 is 4.74 Å². The maximum atomic E-state index is 5.50. The third-order valence-corrected chi connectivity index (χ3v) is 2.33. The lowest BCUT2D eigenvalue weighted by Crippen LogP contribution is -2.01. The standard InChI is InChI=1S/C11H9NO/c1-4-10-9-3-2-8-13-11(9)5-7-12(10)6-1/h1-7H,8H2. The van der Waals surface area contributed by atoms with Crippen molar-refractivity contribution in [2.24, 2.45) is 0 Å². The molecule has 0 saturated heterocycles. The highest BCUT2D eigenvalue weighted by Crippen LogP contribution is 2.27. The first kappa shape index (κ1) is 6.78. The lowest BCUT2D eigenvalue weighted by molar-refractivity contribution is 0.358. The molecule has 0 fully saturated rings. The molecule has 0 spiro atoms. The summed E-state index contributed by atoms with van der Waals surface area (Å²) in [6.45, 7) is 0.684. The minimum Gasteiger partial charge on any atom is -0.489 e. The molecule has 3 rings (SSSR count). The lowest BCUT2D eigenvalue weighted by Gasteiger charge is -2.13. The Kier molecular flexibility index (Phi) is 1.25. The van der Waals surface area contributed by atoms with Crippen LogP contribution in [0.4, 0.5) is 0 Å². The SMILES string of the molecule is C1=Cc2c(ccn3cccc23)OC1. The smallest absolute Gasteiger partial charge is 0.130 e. The van der Waals surface area contributed by atoms with Crippen molar-refractivity contribution in [1.29, 1.82) is 0 Å². The van der Waals surface area contributed by atoms with Crippen molar-refractivity contribution in [2.45, 2.75) is 0 Å². The third kappa shape index (κ3) is 0.886. The predicted octanol–water partition coefficient (Wildman–Crippen LogP) is 2.34. The summed E-state index contributed by atoms with van der Waals surface area (Å²) in [7, 11) is 0. The van der Waals surface area contributed by atoms with Gasteiger partial charge in [-0.05, 0) is 30.4 Å². The quantitative estimate of drug-likeness (QED) is 0.593. The van der Waals surface area contributed by atoms with E-state index in [4.69, 9.17) is 4.74 Å². The van der Waals surface area contributed by atoms with E-state index in [1.165, 1.54) is 11.1 Å². The van der Waals surface area contributed by atoms with Gasteiger partial charge in [0, 0.05) is 18.0 Å². The summed E-state index contributed by atoms with van der Waals surface area (Å²) in [6, 6.07) is 6.14. The van der Waals surface area contributed by atoms with Gasteiger partial charge in [-0.3, -0.25) is 0 Å². The Labute approximate surface area is 76.1 Å². The number of hydrogen-bond acceptors (Lipinski definition) is 1. The van der Waals surface area contributed by atoms with Gasteiger partial charge in [-0.2, -0.15) is 0 Å². The third-order valence-electron chi connectivity index (χ3n) is 2.33. The zero-order valence-corrected chi connectivity index (χ0v) is 7.10. The van der Waals surface area contributed by atoms with E-state index in [0.29, 0.717) is 6.61 Å². The van der Waals surface area contributed by atoms with Crippen molar-refractivity contribution in [3.05, 3.63) is 42.2 Å². The summed E-state index contributed by atoms with van der Waals surface area (Å²) >= 11 is 0. The van der Waals surface area contributed by atoms with Gasteiger partial charge in [0.25, 0.3) is 0 Å². The Morgan fingerprint density at radius 1 is 1.23 bits per heavy atom. The molecule has 64 valence electrons. The van der Waals surface area contributed by atoms with Crippen LogP contribution in [-0.4, -0.2) is 11.0 Å². The molecule has 13 heavy (non-hydrogen) atoms. The maximum Gasteiger partial charge on any atom is 0.130 e. The maximum absolute atomic E-state index is 5.50. The molecule has 2 heteroatoms. The minimum absolute atomic E-state index is 0.684. The molecule has 0 N–H and O–H groups in total. The van der Waals surface area contributed by atoms with Crippen LogP contribution >= 0.6 is 0 Å².